The smallest absolute Gasteiger partial charge is 0.251 e. The van der Waals surface area contributed by atoms with Gasteiger partial charge in [-0.15, -0.1) is 0 Å². The summed E-state index contributed by atoms with van der Waals surface area (Å²) in [6.45, 7) is 6.11. The van der Waals surface area contributed by atoms with Gasteiger partial charge in [0, 0.05) is 31.4 Å². The van der Waals surface area contributed by atoms with E-state index < -0.39 is 0 Å². The Labute approximate surface area is 182 Å². The van der Waals surface area contributed by atoms with Crippen LogP contribution in [0, 0.1) is 6.92 Å². The molecule has 0 spiro atoms. The fourth-order valence-corrected chi connectivity index (χ4v) is 3.48. The van der Waals surface area contributed by atoms with Gasteiger partial charge in [-0.3, -0.25) is 4.79 Å². The third kappa shape index (κ3) is 5.83. The molecule has 0 atom stereocenters. The fourth-order valence-electron chi connectivity index (χ4n) is 3.48. The van der Waals surface area contributed by atoms with Gasteiger partial charge in [0.15, 0.2) is 0 Å². The Morgan fingerprint density at radius 1 is 1.06 bits per heavy atom. The highest BCUT2D eigenvalue weighted by atomic mass is 16.5. The lowest BCUT2D eigenvalue weighted by Crippen LogP contribution is -2.36. The minimum atomic E-state index is -0.140. The van der Waals surface area contributed by atoms with Gasteiger partial charge < -0.3 is 19.7 Å². The number of ether oxygens (including phenoxy) is 2. The number of nitrogens with one attached hydrogen (secondary N) is 1. The Kier molecular flexibility index (Phi) is 6.79. The standard InChI is InChI=1S/C25H27N3O3/c1-19-4-2-5-20(14-19)18-31-23-7-3-6-22(15-23)25(29)27-17-21-8-9-24(26-16-21)28-10-12-30-13-11-28/h2-9,14-16H,10-13,17-18H2,1H3,(H,27,29). The monoisotopic (exact) mass is 417 g/mol. The summed E-state index contributed by atoms with van der Waals surface area (Å²) < 4.78 is 11.2. The Bertz CT molecular complexity index is 1010. The largest absolute Gasteiger partial charge is 0.489 e. The highest BCUT2D eigenvalue weighted by Gasteiger charge is 2.12. The predicted octanol–water partition coefficient (Wildman–Crippen LogP) is 3.74. The molecular weight excluding hydrogens is 390 g/mol. The number of carbonyl (C=O) groups is 1. The maximum Gasteiger partial charge on any atom is 0.251 e. The Morgan fingerprint density at radius 2 is 1.90 bits per heavy atom. The van der Waals surface area contributed by atoms with Crippen molar-refractivity contribution in [2.24, 2.45) is 0 Å². The average molecular weight is 418 g/mol. The van der Waals surface area contributed by atoms with Crippen LogP contribution in [-0.2, 0) is 17.9 Å². The summed E-state index contributed by atoms with van der Waals surface area (Å²) in [5.41, 5.74) is 3.82. The number of amides is 1. The van der Waals surface area contributed by atoms with Crippen LogP contribution in [0.2, 0.25) is 0 Å². The third-order valence-corrected chi connectivity index (χ3v) is 5.18. The number of aromatic nitrogens is 1. The molecule has 4 rings (SSSR count). The van der Waals surface area contributed by atoms with Crippen molar-refractivity contribution in [3.63, 3.8) is 0 Å². The van der Waals surface area contributed by atoms with Gasteiger partial charge in [-0.1, -0.05) is 42.0 Å². The zero-order valence-corrected chi connectivity index (χ0v) is 17.7. The first-order chi connectivity index (χ1) is 15.2. The van der Waals surface area contributed by atoms with E-state index in [0.717, 1.165) is 43.2 Å². The molecule has 1 aliphatic heterocycles. The molecule has 1 N–H and O–H groups in total. The van der Waals surface area contributed by atoms with Crippen LogP contribution >= 0.6 is 0 Å². The molecule has 0 aliphatic carbocycles. The Morgan fingerprint density at radius 3 is 2.68 bits per heavy atom. The van der Waals surface area contributed by atoms with E-state index in [2.05, 4.69) is 34.3 Å². The number of morpholine rings is 1. The summed E-state index contributed by atoms with van der Waals surface area (Å²) in [6.07, 6.45) is 1.81. The van der Waals surface area contributed by atoms with Gasteiger partial charge in [-0.05, 0) is 42.3 Å². The second-order valence-electron chi connectivity index (χ2n) is 7.61. The number of pyridine rings is 1. The Balaban J connectivity index is 1.30. The van der Waals surface area contributed by atoms with Crippen molar-refractivity contribution in [1.29, 1.82) is 0 Å². The lowest BCUT2D eigenvalue weighted by Gasteiger charge is -2.27. The van der Waals surface area contributed by atoms with Gasteiger partial charge in [0.1, 0.15) is 18.2 Å². The van der Waals surface area contributed by atoms with Crippen molar-refractivity contribution in [2.45, 2.75) is 20.1 Å². The van der Waals surface area contributed by atoms with Crippen LogP contribution in [0.15, 0.2) is 66.9 Å². The van der Waals surface area contributed by atoms with E-state index in [4.69, 9.17) is 9.47 Å². The molecule has 1 aromatic heterocycles. The minimum Gasteiger partial charge on any atom is -0.489 e. The van der Waals surface area contributed by atoms with Crippen molar-refractivity contribution in [2.75, 3.05) is 31.2 Å². The van der Waals surface area contributed by atoms with E-state index in [-0.39, 0.29) is 5.91 Å². The van der Waals surface area contributed by atoms with Gasteiger partial charge in [0.05, 0.1) is 13.2 Å². The number of anilines is 1. The van der Waals surface area contributed by atoms with Crippen LogP contribution in [0.25, 0.3) is 0 Å². The molecule has 2 aromatic carbocycles. The molecule has 3 aromatic rings. The second-order valence-corrected chi connectivity index (χ2v) is 7.61. The lowest BCUT2D eigenvalue weighted by molar-refractivity contribution is 0.0950. The number of rotatable bonds is 7. The molecule has 6 heteroatoms. The summed E-state index contributed by atoms with van der Waals surface area (Å²) in [5.74, 6) is 1.47. The first kappa shape index (κ1) is 20.9. The number of aryl methyl sites for hydroxylation is 1. The highest BCUT2D eigenvalue weighted by molar-refractivity contribution is 5.94. The SMILES string of the molecule is Cc1cccc(COc2cccc(C(=O)NCc3ccc(N4CCOCC4)nc3)c2)c1. The average Bonchev–Trinajstić information content (AvgIpc) is 2.82. The van der Waals surface area contributed by atoms with Crippen LogP contribution in [0.4, 0.5) is 5.82 Å². The number of carbonyl (C=O) groups excluding carboxylic acids is 1. The number of hydrogen-bond donors (Lipinski definition) is 1. The predicted molar refractivity (Wildman–Crippen MR) is 120 cm³/mol. The van der Waals surface area contributed by atoms with Gasteiger partial charge >= 0.3 is 0 Å². The van der Waals surface area contributed by atoms with E-state index in [1.807, 2.05) is 42.6 Å². The lowest BCUT2D eigenvalue weighted by atomic mass is 10.1. The van der Waals surface area contributed by atoms with Gasteiger partial charge in [-0.25, -0.2) is 4.98 Å². The highest BCUT2D eigenvalue weighted by Crippen LogP contribution is 2.17. The number of hydrogen-bond acceptors (Lipinski definition) is 5. The molecule has 0 radical (unpaired) electrons. The summed E-state index contributed by atoms with van der Waals surface area (Å²) in [7, 11) is 0. The van der Waals surface area contributed by atoms with Crippen LogP contribution in [0.5, 0.6) is 5.75 Å². The summed E-state index contributed by atoms with van der Waals surface area (Å²) >= 11 is 0. The van der Waals surface area contributed by atoms with E-state index in [1.165, 1.54) is 5.56 Å². The van der Waals surface area contributed by atoms with Crippen LogP contribution in [0.1, 0.15) is 27.0 Å². The summed E-state index contributed by atoms with van der Waals surface area (Å²) in [5, 5.41) is 2.95. The molecule has 160 valence electrons. The van der Waals surface area contributed by atoms with Crippen LogP contribution in [-0.4, -0.2) is 37.2 Å². The third-order valence-electron chi connectivity index (χ3n) is 5.18. The normalized spacial score (nSPS) is 13.6. The molecule has 0 saturated carbocycles. The minimum absolute atomic E-state index is 0.140. The molecule has 0 bridgehead atoms. The second kappa shape index (κ2) is 10.1. The van der Waals surface area contributed by atoms with Crippen molar-refractivity contribution >= 4 is 11.7 Å². The first-order valence-corrected chi connectivity index (χ1v) is 10.5. The molecular formula is C25H27N3O3. The first-order valence-electron chi connectivity index (χ1n) is 10.5. The number of benzene rings is 2. The van der Waals surface area contributed by atoms with Crippen LogP contribution in [0.3, 0.4) is 0 Å². The molecule has 2 heterocycles. The van der Waals surface area contributed by atoms with Gasteiger partial charge in [0.25, 0.3) is 5.91 Å². The maximum absolute atomic E-state index is 12.6. The van der Waals surface area contributed by atoms with Crippen LogP contribution < -0.4 is 15.0 Å². The quantitative estimate of drug-likeness (QED) is 0.635. The van der Waals surface area contributed by atoms with E-state index >= 15 is 0 Å². The van der Waals surface area contributed by atoms with E-state index in [1.54, 1.807) is 12.1 Å². The molecule has 1 amide bonds. The number of nitrogens with zero attached hydrogens (tertiary/aromatic N) is 2. The zero-order chi connectivity index (χ0) is 21.5. The topological polar surface area (TPSA) is 63.7 Å². The fraction of sp³-hybridized carbons (Fsp3) is 0.280. The zero-order valence-electron chi connectivity index (χ0n) is 17.7. The van der Waals surface area contributed by atoms with Gasteiger partial charge in [0.2, 0.25) is 0 Å². The van der Waals surface area contributed by atoms with E-state index in [0.29, 0.717) is 24.5 Å². The summed E-state index contributed by atoms with van der Waals surface area (Å²) in [4.78, 5) is 19.3. The molecule has 31 heavy (non-hydrogen) atoms. The molecule has 0 unspecified atom stereocenters. The van der Waals surface area contributed by atoms with Gasteiger partial charge in [-0.2, -0.15) is 0 Å². The summed E-state index contributed by atoms with van der Waals surface area (Å²) in [6, 6.07) is 19.4. The molecule has 6 nitrogen and oxygen atoms in total. The molecule has 1 saturated heterocycles. The molecule has 1 fully saturated rings. The van der Waals surface area contributed by atoms with Crippen molar-refractivity contribution in [3.8, 4) is 5.75 Å². The molecule has 1 aliphatic rings. The van der Waals surface area contributed by atoms with E-state index in [9.17, 15) is 4.79 Å². The Hall–Kier alpha value is -3.38. The van der Waals surface area contributed by atoms with Crippen molar-refractivity contribution < 1.29 is 14.3 Å². The van der Waals surface area contributed by atoms with Crippen molar-refractivity contribution in [1.82, 2.24) is 10.3 Å². The van der Waals surface area contributed by atoms with Crippen molar-refractivity contribution in [3.05, 3.63) is 89.1 Å². The maximum atomic E-state index is 12.6.